The summed E-state index contributed by atoms with van der Waals surface area (Å²) in [6.07, 6.45) is 1.98. The lowest BCUT2D eigenvalue weighted by molar-refractivity contribution is -0.117. The van der Waals surface area contributed by atoms with E-state index >= 15 is 0 Å². The lowest BCUT2D eigenvalue weighted by Gasteiger charge is -2.33. The molecule has 30 heavy (non-hydrogen) atoms. The van der Waals surface area contributed by atoms with Crippen LogP contribution in [0.2, 0.25) is 0 Å². The van der Waals surface area contributed by atoms with Crippen molar-refractivity contribution in [3.8, 4) is 0 Å². The van der Waals surface area contributed by atoms with Crippen molar-refractivity contribution in [2.24, 2.45) is 0 Å². The molecule has 2 aromatic carbocycles. The molecule has 162 valence electrons. The first-order valence-corrected chi connectivity index (χ1v) is 11.9. The monoisotopic (exact) mass is 429 g/mol. The van der Waals surface area contributed by atoms with Crippen LogP contribution in [0.15, 0.2) is 47.4 Å². The molecule has 0 atom stereocenters. The highest BCUT2D eigenvalue weighted by atomic mass is 32.2. The minimum Gasteiger partial charge on any atom is -0.325 e. The van der Waals surface area contributed by atoms with E-state index in [4.69, 9.17) is 0 Å². The molecule has 0 aromatic heterocycles. The van der Waals surface area contributed by atoms with E-state index in [2.05, 4.69) is 12.2 Å². The van der Waals surface area contributed by atoms with Gasteiger partial charge in [0.15, 0.2) is 0 Å². The molecule has 1 heterocycles. The maximum absolute atomic E-state index is 12.9. The third-order valence-corrected chi connectivity index (χ3v) is 7.37. The van der Waals surface area contributed by atoms with Gasteiger partial charge in [0.1, 0.15) is 0 Å². The first kappa shape index (κ1) is 22.5. The second-order valence-electron chi connectivity index (χ2n) is 7.94. The van der Waals surface area contributed by atoms with Gasteiger partial charge in [-0.15, -0.1) is 0 Å². The Kier molecular flexibility index (Phi) is 7.28. The maximum Gasteiger partial charge on any atom is 0.243 e. The molecule has 2 aromatic rings. The molecule has 0 bridgehead atoms. The molecule has 0 radical (unpaired) electrons. The smallest absolute Gasteiger partial charge is 0.243 e. The van der Waals surface area contributed by atoms with Gasteiger partial charge in [0, 0.05) is 31.9 Å². The van der Waals surface area contributed by atoms with Crippen molar-refractivity contribution in [1.82, 2.24) is 9.21 Å². The van der Waals surface area contributed by atoms with Crippen molar-refractivity contribution in [3.05, 3.63) is 59.2 Å². The zero-order valence-electron chi connectivity index (χ0n) is 18.0. The molecule has 1 amide bonds. The predicted octanol–water partition coefficient (Wildman–Crippen LogP) is 3.20. The van der Waals surface area contributed by atoms with Crippen molar-refractivity contribution >= 4 is 21.6 Å². The number of carbonyl (C=O) groups excluding carboxylic acids is 1. The molecule has 1 aliphatic rings. The number of benzene rings is 2. The quantitative estimate of drug-likeness (QED) is 0.734. The fourth-order valence-corrected chi connectivity index (χ4v) is 5.16. The molecule has 6 nitrogen and oxygen atoms in total. The fraction of sp³-hybridized carbons (Fsp3) is 0.435. The minimum atomic E-state index is -3.50. The van der Waals surface area contributed by atoms with Crippen LogP contribution in [0.5, 0.6) is 0 Å². The molecule has 0 aliphatic carbocycles. The number of piperazine rings is 1. The number of aryl methyl sites for hydroxylation is 3. The van der Waals surface area contributed by atoms with Crippen LogP contribution in [0.3, 0.4) is 0 Å². The van der Waals surface area contributed by atoms with E-state index in [9.17, 15) is 13.2 Å². The fourth-order valence-electron chi connectivity index (χ4n) is 3.74. The second kappa shape index (κ2) is 9.73. The third kappa shape index (κ3) is 5.47. The zero-order valence-corrected chi connectivity index (χ0v) is 18.8. The summed E-state index contributed by atoms with van der Waals surface area (Å²) in [5.41, 5.74) is 4.15. The van der Waals surface area contributed by atoms with Crippen molar-refractivity contribution in [2.45, 2.75) is 38.5 Å². The largest absolute Gasteiger partial charge is 0.325 e. The zero-order chi connectivity index (χ0) is 21.7. The molecule has 3 rings (SSSR count). The molecule has 1 saturated heterocycles. The summed E-state index contributed by atoms with van der Waals surface area (Å²) in [7, 11) is -3.50. The Hall–Kier alpha value is -2.22. The van der Waals surface area contributed by atoms with Gasteiger partial charge in [-0.05, 0) is 49.6 Å². The lowest BCUT2D eigenvalue weighted by atomic mass is 10.1. The summed E-state index contributed by atoms with van der Waals surface area (Å²) in [4.78, 5) is 14.7. The number of rotatable bonds is 7. The highest BCUT2D eigenvalue weighted by molar-refractivity contribution is 7.89. The molecular weight excluding hydrogens is 398 g/mol. The molecule has 1 aliphatic heterocycles. The number of carbonyl (C=O) groups is 1. The van der Waals surface area contributed by atoms with Gasteiger partial charge in [-0.1, -0.05) is 43.2 Å². The molecule has 0 spiro atoms. The van der Waals surface area contributed by atoms with Crippen LogP contribution >= 0.6 is 0 Å². The third-order valence-electron chi connectivity index (χ3n) is 5.45. The molecule has 7 heteroatoms. The van der Waals surface area contributed by atoms with E-state index in [1.54, 1.807) is 12.1 Å². The molecule has 0 saturated carbocycles. The first-order chi connectivity index (χ1) is 14.3. The van der Waals surface area contributed by atoms with Crippen LogP contribution in [0.4, 0.5) is 5.69 Å². The van der Waals surface area contributed by atoms with Crippen LogP contribution < -0.4 is 5.32 Å². The van der Waals surface area contributed by atoms with Crippen molar-refractivity contribution in [1.29, 1.82) is 0 Å². The van der Waals surface area contributed by atoms with E-state index in [1.807, 2.05) is 49.1 Å². The van der Waals surface area contributed by atoms with Gasteiger partial charge in [0.25, 0.3) is 0 Å². The predicted molar refractivity (Wildman–Crippen MR) is 120 cm³/mol. The van der Waals surface area contributed by atoms with Crippen LogP contribution in [0.1, 0.15) is 30.0 Å². The summed E-state index contributed by atoms with van der Waals surface area (Å²) in [5, 5.41) is 2.96. The van der Waals surface area contributed by atoms with Crippen molar-refractivity contribution in [2.75, 3.05) is 38.0 Å². The summed E-state index contributed by atoms with van der Waals surface area (Å²) in [6.45, 7) is 8.19. The van der Waals surface area contributed by atoms with Crippen molar-refractivity contribution in [3.63, 3.8) is 0 Å². The van der Waals surface area contributed by atoms with E-state index in [0.29, 0.717) is 31.1 Å². The maximum atomic E-state index is 12.9. The van der Waals surface area contributed by atoms with Gasteiger partial charge in [-0.2, -0.15) is 4.31 Å². The highest BCUT2D eigenvalue weighted by Crippen LogP contribution is 2.19. The Balaban J connectivity index is 1.54. The second-order valence-corrected chi connectivity index (χ2v) is 9.88. The Labute approximate surface area is 179 Å². The molecule has 1 fully saturated rings. The van der Waals surface area contributed by atoms with Crippen LogP contribution in [-0.4, -0.2) is 56.3 Å². The Bertz CT molecular complexity index is 979. The minimum absolute atomic E-state index is 0.0789. The molecular formula is C23H31N3O3S. The first-order valence-electron chi connectivity index (χ1n) is 10.5. The lowest BCUT2D eigenvalue weighted by Crippen LogP contribution is -2.50. The number of nitrogens with zero attached hydrogens (tertiary/aromatic N) is 2. The van der Waals surface area contributed by atoms with E-state index in [0.717, 1.165) is 35.2 Å². The molecule has 0 unspecified atom stereocenters. The average molecular weight is 430 g/mol. The van der Waals surface area contributed by atoms with Gasteiger partial charge in [0.2, 0.25) is 15.9 Å². The standard InChI is InChI=1S/C23H31N3O3S/c1-4-5-20-7-9-21(10-8-20)30(28,29)26-14-12-25(13-15-26)17-23(27)24-22-11-6-18(2)16-19(22)3/h6-11,16H,4-5,12-15,17H2,1-3H3,(H,24,27). The topological polar surface area (TPSA) is 69.7 Å². The summed E-state index contributed by atoms with van der Waals surface area (Å²) >= 11 is 0. The summed E-state index contributed by atoms with van der Waals surface area (Å²) < 4.78 is 27.4. The van der Waals surface area contributed by atoms with Gasteiger partial charge in [-0.25, -0.2) is 8.42 Å². The Morgan fingerprint density at radius 1 is 1.00 bits per heavy atom. The number of nitrogens with one attached hydrogen (secondary N) is 1. The van der Waals surface area contributed by atoms with E-state index < -0.39 is 10.0 Å². The van der Waals surface area contributed by atoms with Crippen LogP contribution in [0, 0.1) is 13.8 Å². The SMILES string of the molecule is CCCc1ccc(S(=O)(=O)N2CCN(CC(=O)Nc3ccc(C)cc3C)CC2)cc1. The summed E-state index contributed by atoms with van der Waals surface area (Å²) in [6, 6.07) is 13.1. The van der Waals surface area contributed by atoms with Gasteiger partial charge in [-0.3, -0.25) is 9.69 Å². The molecule has 1 N–H and O–H groups in total. The highest BCUT2D eigenvalue weighted by Gasteiger charge is 2.29. The van der Waals surface area contributed by atoms with Crippen molar-refractivity contribution < 1.29 is 13.2 Å². The normalized spacial score (nSPS) is 15.8. The van der Waals surface area contributed by atoms with Gasteiger partial charge in [0.05, 0.1) is 11.4 Å². The number of sulfonamides is 1. The number of hydrogen-bond donors (Lipinski definition) is 1. The van der Waals surface area contributed by atoms with Crippen LogP contribution in [-0.2, 0) is 21.2 Å². The van der Waals surface area contributed by atoms with Crippen LogP contribution in [0.25, 0.3) is 0 Å². The number of hydrogen-bond acceptors (Lipinski definition) is 4. The van der Waals surface area contributed by atoms with Gasteiger partial charge < -0.3 is 5.32 Å². The number of anilines is 1. The van der Waals surface area contributed by atoms with E-state index in [-0.39, 0.29) is 12.5 Å². The average Bonchev–Trinajstić information content (AvgIpc) is 2.71. The number of amides is 1. The van der Waals surface area contributed by atoms with Gasteiger partial charge >= 0.3 is 0 Å². The Morgan fingerprint density at radius 2 is 1.67 bits per heavy atom. The van der Waals surface area contributed by atoms with E-state index in [1.165, 1.54) is 4.31 Å². The summed E-state index contributed by atoms with van der Waals surface area (Å²) in [5.74, 6) is -0.0789. The Morgan fingerprint density at radius 3 is 2.27 bits per heavy atom.